The number of allylic oxidation sites excluding steroid dienone is 2. The third-order valence-electron chi connectivity index (χ3n) is 4.48. The van der Waals surface area contributed by atoms with Gasteiger partial charge in [0.05, 0.1) is 0 Å². The zero-order valence-corrected chi connectivity index (χ0v) is 12.6. The second-order valence-electron chi connectivity index (χ2n) is 6.31. The Balaban J connectivity index is 4.27. The van der Waals surface area contributed by atoms with Crippen LogP contribution in [0.5, 0.6) is 0 Å². The summed E-state index contributed by atoms with van der Waals surface area (Å²) in [6.07, 6.45) is 4.85. The molecular formula is C16H32. The van der Waals surface area contributed by atoms with Gasteiger partial charge in [0.15, 0.2) is 0 Å². The molecule has 0 fully saturated rings. The summed E-state index contributed by atoms with van der Waals surface area (Å²) in [5.41, 5.74) is 0. The molecule has 0 heteroatoms. The Bertz CT molecular complexity index is 178. The first-order valence-electron chi connectivity index (χ1n) is 6.95. The van der Waals surface area contributed by atoms with Crippen molar-refractivity contribution in [3.63, 3.8) is 0 Å². The van der Waals surface area contributed by atoms with Crippen molar-refractivity contribution in [1.29, 1.82) is 0 Å². The fraction of sp³-hybridized carbons (Fsp3) is 0.875. The second-order valence-corrected chi connectivity index (χ2v) is 6.31. The highest BCUT2D eigenvalue weighted by Crippen LogP contribution is 2.25. The molecule has 0 saturated carbocycles. The van der Waals surface area contributed by atoms with Crippen LogP contribution < -0.4 is 0 Å². The number of hydrogen-bond donors (Lipinski definition) is 0. The fourth-order valence-corrected chi connectivity index (χ4v) is 1.92. The monoisotopic (exact) mass is 224 g/mol. The van der Waals surface area contributed by atoms with Gasteiger partial charge in [0.25, 0.3) is 0 Å². The molecule has 0 rings (SSSR count). The summed E-state index contributed by atoms with van der Waals surface area (Å²) in [4.78, 5) is 0. The predicted octanol–water partition coefficient (Wildman–Crippen LogP) is 5.40. The molecule has 0 N–H and O–H groups in total. The smallest absolute Gasteiger partial charge is 0.0234 e. The van der Waals surface area contributed by atoms with Crippen LogP contribution in [0.25, 0.3) is 0 Å². The summed E-state index contributed by atoms with van der Waals surface area (Å²) in [6.45, 7) is 18.7. The Labute approximate surface area is 104 Å². The van der Waals surface area contributed by atoms with Crippen molar-refractivity contribution in [2.75, 3.05) is 0 Å². The van der Waals surface area contributed by atoms with E-state index in [0.29, 0.717) is 11.8 Å². The molecule has 0 aliphatic heterocycles. The zero-order chi connectivity index (χ0) is 12.9. The Morgan fingerprint density at radius 3 is 0.938 bits per heavy atom. The van der Waals surface area contributed by atoms with Gasteiger partial charge in [-0.15, -0.1) is 0 Å². The normalized spacial score (nSPS) is 20.4. The quantitative estimate of drug-likeness (QED) is 0.530. The molecule has 0 aromatic carbocycles. The summed E-state index contributed by atoms with van der Waals surface area (Å²) in [5, 5.41) is 0. The molecule has 0 aliphatic rings. The van der Waals surface area contributed by atoms with Crippen LogP contribution in [-0.2, 0) is 0 Å². The minimum absolute atomic E-state index is 0.696. The second kappa shape index (κ2) is 7.14. The molecule has 4 atom stereocenters. The number of rotatable bonds is 6. The van der Waals surface area contributed by atoms with Crippen molar-refractivity contribution in [2.45, 2.75) is 55.4 Å². The van der Waals surface area contributed by atoms with Crippen molar-refractivity contribution in [1.82, 2.24) is 0 Å². The Morgan fingerprint density at radius 1 is 0.500 bits per heavy atom. The zero-order valence-electron chi connectivity index (χ0n) is 12.6. The summed E-state index contributed by atoms with van der Waals surface area (Å²) >= 11 is 0. The number of hydrogen-bond acceptors (Lipinski definition) is 0. The van der Waals surface area contributed by atoms with Crippen LogP contribution in [0.4, 0.5) is 0 Å². The maximum Gasteiger partial charge on any atom is -0.0234 e. The average Bonchev–Trinajstić information content (AvgIpc) is 2.22. The van der Waals surface area contributed by atoms with E-state index in [0.717, 1.165) is 23.7 Å². The van der Waals surface area contributed by atoms with E-state index < -0.39 is 0 Å². The van der Waals surface area contributed by atoms with Crippen LogP contribution in [0.3, 0.4) is 0 Å². The standard InChI is InChI=1S/C16H32/c1-11(2)15(7)13(5)9-10-14(6)16(8)12(3)4/h9-16H,1-8H3/b10-9+. The summed E-state index contributed by atoms with van der Waals surface area (Å²) in [5.74, 6) is 4.49. The molecule has 0 radical (unpaired) electrons. The van der Waals surface area contributed by atoms with Gasteiger partial charge < -0.3 is 0 Å². The summed E-state index contributed by atoms with van der Waals surface area (Å²) in [7, 11) is 0. The highest BCUT2D eigenvalue weighted by atomic mass is 14.2. The third kappa shape index (κ3) is 5.18. The molecular weight excluding hydrogens is 192 g/mol. The molecule has 96 valence electrons. The average molecular weight is 224 g/mol. The van der Waals surface area contributed by atoms with E-state index in [2.05, 4.69) is 67.5 Å². The first-order valence-corrected chi connectivity index (χ1v) is 6.95. The molecule has 0 aromatic rings. The van der Waals surface area contributed by atoms with E-state index in [1.165, 1.54) is 0 Å². The lowest BCUT2D eigenvalue weighted by molar-refractivity contribution is 0.328. The van der Waals surface area contributed by atoms with Crippen LogP contribution in [0, 0.1) is 35.5 Å². The van der Waals surface area contributed by atoms with Gasteiger partial charge >= 0.3 is 0 Å². The van der Waals surface area contributed by atoms with Gasteiger partial charge in [-0.3, -0.25) is 0 Å². The van der Waals surface area contributed by atoms with Gasteiger partial charge in [-0.1, -0.05) is 67.5 Å². The van der Waals surface area contributed by atoms with Gasteiger partial charge in [-0.05, 0) is 35.5 Å². The van der Waals surface area contributed by atoms with Gasteiger partial charge in [-0.2, -0.15) is 0 Å². The topological polar surface area (TPSA) is 0 Å². The maximum absolute atomic E-state index is 2.42. The highest BCUT2D eigenvalue weighted by molar-refractivity contribution is 4.94. The third-order valence-corrected chi connectivity index (χ3v) is 4.48. The molecule has 0 bridgehead atoms. The minimum atomic E-state index is 0.696. The molecule has 0 saturated heterocycles. The molecule has 16 heavy (non-hydrogen) atoms. The molecule has 0 spiro atoms. The van der Waals surface area contributed by atoms with Crippen LogP contribution in [0.1, 0.15) is 55.4 Å². The van der Waals surface area contributed by atoms with Crippen LogP contribution in [0.2, 0.25) is 0 Å². The van der Waals surface area contributed by atoms with Crippen molar-refractivity contribution >= 4 is 0 Å². The van der Waals surface area contributed by atoms with Gasteiger partial charge in [0.1, 0.15) is 0 Å². The Kier molecular flexibility index (Phi) is 7.03. The summed E-state index contributed by atoms with van der Waals surface area (Å²) < 4.78 is 0. The van der Waals surface area contributed by atoms with Crippen LogP contribution in [-0.4, -0.2) is 0 Å². The van der Waals surface area contributed by atoms with E-state index in [1.807, 2.05) is 0 Å². The minimum Gasteiger partial charge on any atom is -0.0851 e. The van der Waals surface area contributed by atoms with Gasteiger partial charge in [0, 0.05) is 0 Å². The Hall–Kier alpha value is -0.260. The first kappa shape index (κ1) is 15.7. The lowest BCUT2D eigenvalue weighted by Crippen LogP contribution is -2.14. The molecule has 0 amide bonds. The van der Waals surface area contributed by atoms with Gasteiger partial charge in [-0.25, -0.2) is 0 Å². The van der Waals surface area contributed by atoms with Gasteiger partial charge in [0.2, 0.25) is 0 Å². The first-order chi connectivity index (χ1) is 7.27. The van der Waals surface area contributed by atoms with E-state index in [9.17, 15) is 0 Å². The molecule has 0 aromatic heterocycles. The lowest BCUT2D eigenvalue weighted by atomic mass is 9.82. The Morgan fingerprint density at radius 2 is 0.750 bits per heavy atom. The fourth-order valence-electron chi connectivity index (χ4n) is 1.92. The van der Waals surface area contributed by atoms with Crippen LogP contribution >= 0.6 is 0 Å². The van der Waals surface area contributed by atoms with Crippen molar-refractivity contribution < 1.29 is 0 Å². The molecule has 0 heterocycles. The van der Waals surface area contributed by atoms with Crippen molar-refractivity contribution in [3.05, 3.63) is 12.2 Å². The van der Waals surface area contributed by atoms with E-state index >= 15 is 0 Å². The molecule has 4 unspecified atom stereocenters. The van der Waals surface area contributed by atoms with Crippen molar-refractivity contribution in [3.8, 4) is 0 Å². The summed E-state index contributed by atoms with van der Waals surface area (Å²) in [6, 6.07) is 0. The lowest BCUT2D eigenvalue weighted by Gasteiger charge is -2.23. The maximum atomic E-state index is 2.42. The molecule has 0 aliphatic carbocycles. The van der Waals surface area contributed by atoms with E-state index in [1.54, 1.807) is 0 Å². The van der Waals surface area contributed by atoms with E-state index in [-0.39, 0.29) is 0 Å². The molecule has 0 nitrogen and oxygen atoms in total. The van der Waals surface area contributed by atoms with E-state index in [4.69, 9.17) is 0 Å². The van der Waals surface area contributed by atoms with Crippen molar-refractivity contribution in [2.24, 2.45) is 35.5 Å². The highest BCUT2D eigenvalue weighted by Gasteiger charge is 2.15. The predicted molar refractivity (Wildman–Crippen MR) is 75.5 cm³/mol. The SMILES string of the molecule is CC(C)C(C)C(C)/C=C/C(C)C(C)C(C)C. The van der Waals surface area contributed by atoms with Crippen LogP contribution in [0.15, 0.2) is 12.2 Å². The largest absolute Gasteiger partial charge is 0.0851 e.